The maximum absolute atomic E-state index is 11.6. The molecule has 2 amide bonds. The van der Waals surface area contributed by atoms with Gasteiger partial charge in [0, 0.05) is 23.7 Å². The molecule has 0 aliphatic heterocycles. The van der Waals surface area contributed by atoms with Gasteiger partial charge in [0.15, 0.2) is 0 Å². The summed E-state index contributed by atoms with van der Waals surface area (Å²) < 4.78 is 0. The first kappa shape index (κ1) is 14.5. The van der Waals surface area contributed by atoms with Crippen LogP contribution in [0, 0.1) is 0 Å². The number of aliphatic hydroxyl groups excluding tert-OH is 1. The Morgan fingerprint density at radius 3 is 2.33 bits per heavy atom. The van der Waals surface area contributed by atoms with E-state index in [2.05, 4.69) is 10.6 Å². The number of rotatable bonds is 5. The van der Waals surface area contributed by atoms with Crippen molar-refractivity contribution in [2.24, 2.45) is 0 Å². The Morgan fingerprint density at radius 1 is 1.22 bits per heavy atom. The second kappa shape index (κ2) is 6.98. The van der Waals surface area contributed by atoms with Gasteiger partial charge in [-0.15, -0.1) is 0 Å². The Bertz CT molecular complexity index is 418. The summed E-state index contributed by atoms with van der Waals surface area (Å²) in [5.74, 6) is -0.700. The van der Waals surface area contributed by atoms with Crippen molar-refractivity contribution in [2.75, 3.05) is 13.1 Å². The number of hydrogen-bond donors (Lipinski definition) is 3. The molecule has 6 heteroatoms. The van der Waals surface area contributed by atoms with E-state index in [0.717, 1.165) is 0 Å². The van der Waals surface area contributed by atoms with Gasteiger partial charge in [-0.05, 0) is 31.2 Å². The fourth-order valence-corrected chi connectivity index (χ4v) is 1.34. The summed E-state index contributed by atoms with van der Waals surface area (Å²) in [6.45, 7) is 1.94. The highest BCUT2D eigenvalue weighted by Gasteiger charge is 2.08. The van der Waals surface area contributed by atoms with Crippen molar-refractivity contribution in [3.63, 3.8) is 0 Å². The highest BCUT2D eigenvalue weighted by Crippen LogP contribution is 2.08. The van der Waals surface area contributed by atoms with Crippen LogP contribution < -0.4 is 10.6 Å². The molecule has 1 aromatic rings. The number of amides is 2. The van der Waals surface area contributed by atoms with Crippen LogP contribution in [-0.2, 0) is 4.79 Å². The van der Waals surface area contributed by atoms with Crippen LogP contribution in [-0.4, -0.2) is 36.1 Å². The van der Waals surface area contributed by atoms with Gasteiger partial charge in [-0.3, -0.25) is 9.59 Å². The van der Waals surface area contributed by atoms with E-state index >= 15 is 0 Å². The molecule has 5 nitrogen and oxygen atoms in total. The van der Waals surface area contributed by atoms with Crippen molar-refractivity contribution in [3.8, 4) is 0 Å². The molecule has 0 bridgehead atoms. The van der Waals surface area contributed by atoms with Gasteiger partial charge in [-0.1, -0.05) is 11.6 Å². The van der Waals surface area contributed by atoms with E-state index < -0.39 is 12.0 Å². The zero-order valence-electron chi connectivity index (χ0n) is 9.94. The molecule has 0 saturated carbocycles. The lowest BCUT2D eigenvalue weighted by Crippen LogP contribution is -2.38. The van der Waals surface area contributed by atoms with E-state index in [1.54, 1.807) is 24.3 Å². The van der Waals surface area contributed by atoms with Crippen LogP contribution in [0.2, 0.25) is 5.02 Å². The molecular formula is C12H15ClN2O3. The third kappa shape index (κ3) is 4.73. The summed E-state index contributed by atoms with van der Waals surface area (Å²) in [7, 11) is 0. The molecule has 1 unspecified atom stereocenters. The summed E-state index contributed by atoms with van der Waals surface area (Å²) >= 11 is 5.70. The molecule has 98 valence electrons. The van der Waals surface area contributed by atoms with E-state index in [4.69, 9.17) is 16.7 Å². The highest BCUT2D eigenvalue weighted by atomic mass is 35.5. The van der Waals surface area contributed by atoms with Crippen molar-refractivity contribution < 1.29 is 14.7 Å². The molecule has 0 aliphatic rings. The lowest BCUT2D eigenvalue weighted by molar-refractivity contribution is -0.128. The number of hydrogen-bond acceptors (Lipinski definition) is 3. The lowest BCUT2D eigenvalue weighted by atomic mass is 10.2. The van der Waals surface area contributed by atoms with Crippen LogP contribution in [0.25, 0.3) is 0 Å². The van der Waals surface area contributed by atoms with E-state index in [1.165, 1.54) is 6.92 Å². The van der Waals surface area contributed by atoms with Crippen molar-refractivity contribution in [2.45, 2.75) is 13.0 Å². The van der Waals surface area contributed by atoms with E-state index in [1.807, 2.05) is 0 Å². The van der Waals surface area contributed by atoms with E-state index in [9.17, 15) is 9.59 Å². The first-order valence-electron chi connectivity index (χ1n) is 5.50. The fraction of sp³-hybridized carbons (Fsp3) is 0.333. The Labute approximate surface area is 110 Å². The molecule has 1 atom stereocenters. The minimum absolute atomic E-state index is 0.238. The predicted molar refractivity (Wildman–Crippen MR) is 68.5 cm³/mol. The van der Waals surface area contributed by atoms with Crippen molar-refractivity contribution in [3.05, 3.63) is 34.9 Å². The summed E-state index contributed by atoms with van der Waals surface area (Å²) in [4.78, 5) is 22.6. The molecule has 18 heavy (non-hydrogen) atoms. The van der Waals surface area contributed by atoms with Gasteiger partial charge >= 0.3 is 0 Å². The van der Waals surface area contributed by atoms with Gasteiger partial charge < -0.3 is 15.7 Å². The quantitative estimate of drug-likeness (QED) is 0.685. The average Bonchev–Trinajstić information content (AvgIpc) is 2.34. The molecule has 1 rings (SSSR count). The normalized spacial score (nSPS) is 11.7. The van der Waals surface area contributed by atoms with E-state index in [-0.39, 0.29) is 12.5 Å². The average molecular weight is 271 g/mol. The Morgan fingerprint density at radius 2 is 1.78 bits per heavy atom. The molecule has 0 spiro atoms. The molecule has 0 aromatic heterocycles. The monoisotopic (exact) mass is 270 g/mol. The summed E-state index contributed by atoms with van der Waals surface area (Å²) in [5.41, 5.74) is 0.501. The highest BCUT2D eigenvalue weighted by molar-refractivity contribution is 6.30. The first-order valence-corrected chi connectivity index (χ1v) is 5.88. The minimum Gasteiger partial charge on any atom is -0.384 e. The van der Waals surface area contributed by atoms with Crippen molar-refractivity contribution in [1.82, 2.24) is 10.6 Å². The van der Waals surface area contributed by atoms with Crippen molar-refractivity contribution >= 4 is 23.4 Å². The molecule has 0 fully saturated rings. The van der Waals surface area contributed by atoms with Crippen LogP contribution in [0.5, 0.6) is 0 Å². The predicted octanol–water partition coefficient (Wildman–Crippen LogP) is 0.567. The number of aliphatic hydroxyl groups is 1. The van der Waals surface area contributed by atoms with Crippen LogP contribution >= 0.6 is 11.6 Å². The summed E-state index contributed by atoms with van der Waals surface area (Å²) in [6.07, 6.45) is -1.04. The van der Waals surface area contributed by atoms with Gasteiger partial charge in [0.25, 0.3) is 5.91 Å². The molecule has 3 N–H and O–H groups in total. The molecule has 0 heterocycles. The lowest BCUT2D eigenvalue weighted by Gasteiger charge is -2.08. The molecule has 0 radical (unpaired) electrons. The number of carbonyl (C=O) groups excluding carboxylic acids is 2. The summed E-state index contributed by atoms with van der Waals surface area (Å²) in [6, 6.07) is 6.50. The SMILES string of the molecule is CC(O)C(=O)NCCNC(=O)c1ccc(Cl)cc1. The van der Waals surface area contributed by atoms with E-state index in [0.29, 0.717) is 17.1 Å². The second-order valence-corrected chi connectivity index (χ2v) is 4.17. The van der Waals surface area contributed by atoms with Crippen LogP contribution in [0.4, 0.5) is 0 Å². The first-order chi connectivity index (χ1) is 8.50. The van der Waals surface area contributed by atoms with Crippen molar-refractivity contribution in [1.29, 1.82) is 0 Å². The van der Waals surface area contributed by atoms with Crippen LogP contribution in [0.3, 0.4) is 0 Å². The molecule has 0 aliphatic carbocycles. The summed E-state index contributed by atoms with van der Waals surface area (Å²) in [5, 5.41) is 14.6. The van der Waals surface area contributed by atoms with Crippen LogP contribution in [0.15, 0.2) is 24.3 Å². The van der Waals surface area contributed by atoms with Crippen LogP contribution in [0.1, 0.15) is 17.3 Å². The Balaban J connectivity index is 2.29. The smallest absolute Gasteiger partial charge is 0.251 e. The van der Waals surface area contributed by atoms with Gasteiger partial charge in [0.05, 0.1) is 0 Å². The Hall–Kier alpha value is -1.59. The van der Waals surface area contributed by atoms with Gasteiger partial charge in [-0.2, -0.15) is 0 Å². The zero-order chi connectivity index (χ0) is 13.5. The third-order valence-electron chi connectivity index (χ3n) is 2.20. The van der Waals surface area contributed by atoms with Gasteiger partial charge in [-0.25, -0.2) is 0 Å². The number of halogens is 1. The Kier molecular flexibility index (Phi) is 5.61. The number of nitrogens with one attached hydrogen (secondary N) is 2. The molecular weight excluding hydrogens is 256 g/mol. The van der Waals surface area contributed by atoms with Gasteiger partial charge in [0.2, 0.25) is 5.91 Å². The largest absolute Gasteiger partial charge is 0.384 e. The zero-order valence-corrected chi connectivity index (χ0v) is 10.7. The maximum Gasteiger partial charge on any atom is 0.251 e. The second-order valence-electron chi connectivity index (χ2n) is 3.73. The third-order valence-corrected chi connectivity index (χ3v) is 2.45. The number of benzene rings is 1. The standard InChI is InChI=1S/C12H15ClN2O3/c1-8(16)11(17)14-6-7-15-12(18)9-2-4-10(13)5-3-9/h2-5,8,16H,6-7H2,1H3,(H,14,17)(H,15,18). The molecule has 0 saturated heterocycles. The maximum atomic E-state index is 11.6. The minimum atomic E-state index is -1.04. The number of carbonyl (C=O) groups is 2. The molecule has 1 aromatic carbocycles. The fourth-order valence-electron chi connectivity index (χ4n) is 1.21. The topological polar surface area (TPSA) is 78.4 Å². The van der Waals surface area contributed by atoms with Gasteiger partial charge in [0.1, 0.15) is 6.10 Å².